The van der Waals surface area contributed by atoms with Crippen molar-refractivity contribution in [2.24, 2.45) is 0 Å². The summed E-state index contributed by atoms with van der Waals surface area (Å²) in [6, 6.07) is 5.44. The predicted molar refractivity (Wildman–Crippen MR) is 70.5 cm³/mol. The van der Waals surface area contributed by atoms with Crippen LogP contribution in [-0.4, -0.2) is 47.9 Å². The molecule has 0 aliphatic heterocycles. The van der Waals surface area contributed by atoms with E-state index in [1.807, 2.05) is 19.1 Å². The molecule has 1 aromatic rings. The number of methoxy groups -OCH3 is 1. The molecule has 1 rings (SSSR count). The molecule has 94 valence electrons. The average molecular weight is 301 g/mol. The lowest BCUT2D eigenvalue weighted by molar-refractivity contribution is 0.0778. The first-order chi connectivity index (χ1) is 8.04. The van der Waals surface area contributed by atoms with Crippen LogP contribution in [0.3, 0.4) is 0 Å². The van der Waals surface area contributed by atoms with Crippen molar-refractivity contribution >= 4 is 21.8 Å². The number of aryl methyl sites for hydroxylation is 1. The Morgan fingerprint density at radius 1 is 1.59 bits per heavy atom. The zero-order valence-corrected chi connectivity index (χ0v) is 11.9. The summed E-state index contributed by atoms with van der Waals surface area (Å²) in [6.45, 7) is 3.02. The summed E-state index contributed by atoms with van der Waals surface area (Å²) in [5, 5.41) is 0. The molecule has 0 saturated carbocycles. The molecule has 5 heteroatoms. The van der Waals surface area contributed by atoms with Crippen LogP contribution in [0.25, 0.3) is 0 Å². The maximum Gasteiger partial charge on any atom is 0.272 e. The molecule has 0 N–H and O–H groups in total. The smallest absolute Gasteiger partial charge is 0.272 e. The van der Waals surface area contributed by atoms with Gasteiger partial charge in [0.1, 0.15) is 5.69 Å². The van der Waals surface area contributed by atoms with Gasteiger partial charge in [0, 0.05) is 26.4 Å². The Morgan fingerprint density at radius 2 is 2.29 bits per heavy atom. The van der Waals surface area contributed by atoms with Gasteiger partial charge in [0.05, 0.1) is 11.4 Å². The van der Waals surface area contributed by atoms with Crippen LogP contribution in [0.5, 0.6) is 0 Å². The summed E-state index contributed by atoms with van der Waals surface area (Å²) < 4.78 is 5.01. The number of alkyl halides is 1. The van der Waals surface area contributed by atoms with Crippen LogP contribution < -0.4 is 0 Å². The lowest BCUT2D eigenvalue weighted by atomic mass is 10.3. The minimum absolute atomic E-state index is 0.0748. The van der Waals surface area contributed by atoms with Crippen molar-refractivity contribution < 1.29 is 9.53 Å². The number of ether oxygens (including phenoxy) is 1. The van der Waals surface area contributed by atoms with Gasteiger partial charge in [-0.15, -0.1) is 0 Å². The molecule has 0 saturated heterocycles. The zero-order valence-electron chi connectivity index (χ0n) is 10.3. The minimum atomic E-state index is -0.0748. The van der Waals surface area contributed by atoms with Gasteiger partial charge in [0.25, 0.3) is 5.91 Å². The molecule has 1 amide bonds. The first kappa shape index (κ1) is 14.1. The Bertz CT molecular complexity index is 385. The number of carbonyl (C=O) groups excluding carboxylic acids is 1. The SMILES string of the molecule is COCC(Br)CN(C)C(=O)c1cccc(C)n1. The van der Waals surface area contributed by atoms with Crippen molar-refractivity contribution in [1.82, 2.24) is 9.88 Å². The van der Waals surface area contributed by atoms with E-state index in [0.29, 0.717) is 18.8 Å². The summed E-state index contributed by atoms with van der Waals surface area (Å²) in [7, 11) is 3.40. The van der Waals surface area contributed by atoms with E-state index < -0.39 is 0 Å². The van der Waals surface area contributed by atoms with Crippen molar-refractivity contribution in [2.45, 2.75) is 11.8 Å². The van der Waals surface area contributed by atoms with Crippen LogP contribution >= 0.6 is 15.9 Å². The highest BCUT2D eigenvalue weighted by atomic mass is 79.9. The summed E-state index contributed by atoms with van der Waals surface area (Å²) in [5.74, 6) is -0.0748. The third-order valence-electron chi connectivity index (χ3n) is 2.27. The average Bonchev–Trinajstić information content (AvgIpc) is 2.28. The fourth-order valence-corrected chi connectivity index (χ4v) is 2.17. The summed E-state index contributed by atoms with van der Waals surface area (Å²) >= 11 is 3.45. The topological polar surface area (TPSA) is 42.4 Å². The maximum atomic E-state index is 12.0. The number of amides is 1. The number of hydrogen-bond acceptors (Lipinski definition) is 3. The second kappa shape index (κ2) is 6.71. The first-order valence-corrected chi connectivity index (χ1v) is 6.28. The van der Waals surface area contributed by atoms with Gasteiger partial charge in [-0.05, 0) is 19.1 Å². The first-order valence-electron chi connectivity index (χ1n) is 5.36. The van der Waals surface area contributed by atoms with E-state index in [1.54, 1.807) is 25.1 Å². The Hall–Kier alpha value is -0.940. The molecule has 1 atom stereocenters. The fourth-order valence-electron chi connectivity index (χ4n) is 1.47. The molecular formula is C12H17BrN2O2. The largest absolute Gasteiger partial charge is 0.383 e. The van der Waals surface area contributed by atoms with Gasteiger partial charge >= 0.3 is 0 Å². The van der Waals surface area contributed by atoms with Gasteiger partial charge in [0.2, 0.25) is 0 Å². The summed E-state index contributed by atoms with van der Waals surface area (Å²) in [5.41, 5.74) is 1.32. The van der Waals surface area contributed by atoms with Crippen molar-refractivity contribution in [3.63, 3.8) is 0 Å². The van der Waals surface area contributed by atoms with E-state index in [9.17, 15) is 4.79 Å². The zero-order chi connectivity index (χ0) is 12.8. The lowest BCUT2D eigenvalue weighted by Gasteiger charge is -2.19. The Labute approximate surface area is 110 Å². The van der Waals surface area contributed by atoms with E-state index in [1.165, 1.54) is 0 Å². The Kier molecular flexibility index (Phi) is 5.58. The van der Waals surface area contributed by atoms with Gasteiger partial charge in [-0.1, -0.05) is 22.0 Å². The molecular weight excluding hydrogens is 284 g/mol. The van der Waals surface area contributed by atoms with E-state index in [2.05, 4.69) is 20.9 Å². The number of pyridine rings is 1. The second-order valence-electron chi connectivity index (χ2n) is 3.90. The summed E-state index contributed by atoms with van der Waals surface area (Å²) in [6.07, 6.45) is 0. The van der Waals surface area contributed by atoms with Gasteiger partial charge < -0.3 is 9.64 Å². The highest BCUT2D eigenvalue weighted by Crippen LogP contribution is 2.06. The number of halogens is 1. The van der Waals surface area contributed by atoms with Crippen molar-refractivity contribution in [3.05, 3.63) is 29.6 Å². The van der Waals surface area contributed by atoms with Gasteiger partial charge in [-0.25, -0.2) is 4.98 Å². The third kappa shape index (κ3) is 4.44. The molecule has 4 nitrogen and oxygen atoms in total. The fraction of sp³-hybridized carbons (Fsp3) is 0.500. The van der Waals surface area contributed by atoms with E-state index in [0.717, 1.165) is 5.69 Å². The molecule has 0 aliphatic carbocycles. The predicted octanol–water partition coefficient (Wildman–Crippen LogP) is 1.87. The third-order valence-corrected chi connectivity index (χ3v) is 2.83. The van der Waals surface area contributed by atoms with Gasteiger partial charge in [-0.3, -0.25) is 4.79 Å². The standard InChI is InChI=1S/C12H17BrN2O2/c1-9-5-4-6-11(14-9)12(16)15(2)7-10(13)8-17-3/h4-6,10H,7-8H2,1-3H3. The normalized spacial score (nSPS) is 12.2. The molecule has 0 spiro atoms. The Morgan fingerprint density at radius 3 is 2.88 bits per heavy atom. The van der Waals surface area contributed by atoms with E-state index >= 15 is 0 Å². The Balaban J connectivity index is 2.63. The quantitative estimate of drug-likeness (QED) is 0.780. The molecule has 1 unspecified atom stereocenters. The highest BCUT2D eigenvalue weighted by Gasteiger charge is 2.16. The van der Waals surface area contributed by atoms with Crippen LogP contribution in [0.4, 0.5) is 0 Å². The molecule has 1 heterocycles. The second-order valence-corrected chi connectivity index (χ2v) is 5.20. The van der Waals surface area contributed by atoms with Crippen molar-refractivity contribution in [1.29, 1.82) is 0 Å². The van der Waals surface area contributed by atoms with Crippen LogP contribution in [0, 0.1) is 6.92 Å². The van der Waals surface area contributed by atoms with Crippen molar-refractivity contribution in [3.8, 4) is 0 Å². The highest BCUT2D eigenvalue weighted by molar-refractivity contribution is 9.09. The molecule has 0 bridgehead atoms. The van der Waals surface area contributed by atoms with Crippen LogP contribution in [0.2, 0.25) is 0 Å². The molecule has 0 aliphatic rings. The number of carbonyl (C=O) groups is 1. The molecule has 0 aromatic carbocycles. The van der Waals surface area contributed by atoms with Crippen LogP contribution in [0.1, 0.15) is 16.2 Å². The number of hydrogen-bond donors (Lipinski definition) is 0. The van der Waals surface area contributed by atoms with E-state index in [-0.39, 0.29) is 10.7 Å². The number of aromatic nitrogens is 1. The minimum Gasteiger partial charge on any atom is -0.383 e. The molecule has 0 fully saturated rings. The molecule has 0 radical (unpaired) electrons. The van der Waals surface area contributed by atoms with E-state index in [4.69, 9.17) is 4.74 Å². The van der Waals surface area contributed by atoms with Gasteiger partial charge in [0.15, 0.2) is 0 Å². The monoisotopic (exact) mass is 300 g/mol. The van der Waals surface area contributed by atoms with Crippen LogP contribution in [0.15, 0.2) is 18.2 Å². The molecule has 17 heavy (non-hydrogen) atoms. The molecule has 1 aromatic heterocycles. The van der Waals surface area contributed by atoms with Gasteiger partial charge in [-0.2, -0.15) is 0 Å². The number of rotatable bonds is 5. The maximum absolute atomic E-state index is 12.0. The van der Waals surface area contributed by atoms with Crippen LogP contribution in [-0.2, 0) is 4.74 Å². The number of nitrogens with zero attached hydrogens (tertiary/aromatic N) is 2. The van der Waals surface area contributed by atoms with Crippen molar-refractivity contribution in [2.75, 3.05) is 27.3 Å². The summed E-state index contributed by atoms with van der Waals surface area (Å²) in [4.78, 5) is 18.0. The lowest BCUT2D eigenvalue weighted by Crippen LogP contribution is -2.34.